The molecular weight excluding hydrogens is 250 g/mol. The SMILES string of the molecule is CCNCC(C)C(=O)Nc1ccc([N+](=O)[O-])cc1O. The van der Waals surface area contributed by atoms with E-state index in [1.54, 1.807) is 6.92 Å². The van der Waals surface area contributed by atoms with Gasteiger partial charge in [-0.1, -0.05) is 13.8 Å². The zero-order chi connectivity index (χ0) is 14.4. The van der Waals surface area contributed by atoms with E-state index < -0.39 is 4.92 Å². The first kappa shape index (κ1) is 14.9. The fourth-order valence-corrected chi connectivity index (χ4v) is 1.45. The lowest BCUT2D eigenvalue weighted by molar-refractivity contribution is -0.384. The fraction of sp³-hybridized carbons (Fsp3) is 0.417. The molecule has 0 aliphatic carbocycles. The van der Waals surface area contributed by atoms with Crippen LogP contribution in [-0.4, -0.2) is 29.0 Å². The molecule has 0 aliphatic rings. The van der Waals surface area contributed by atoms with E-state index in [0.717, 1.165) is 12.6 Å². The number of hydrogen-bond donors (Lipinski definition) is 3. The van der Waals surface area contributed by atoms with Gasteiger partial charge in [0.2, 0.25) is 5.91 Å². The van der Waals surface area contributed by atoms with Crippen LogP contribution in [0.15, 0.2) is 18.2 Å². The van der Waals surface area contributed by atoms with Crippen LogP contribution in [-0.2, 0) is 4.79 Å². The first-order valence-electron chi connectivity index (χ1n) is 5.94. The zero-order valence-electron chi connectivity index (χ0n) is 10.8. The first-order chi connectivity index (χ1) is 8.95. The van der Waals surface area contributed by atoms with Gasteiger partial charge in [0.25, 0.3) is 5.69 Å². The molecule has 1 aromatic carbocycles. The van der Waals surface area contributed by atoms with Gasteiger partial charge < -0.3 is 15.7 Å². The Morgan fingerprint density at radius 1 is 1.53 bits per heavy atom. The molecule has 7 nitrogen and oxygen atoms in total. The van der Waals surface area contributed by atoms with Gasteiger partial charge in [-0.05, 0) is 12.6 Å². The van der Waals surface area contributed by atoms with Crippen LogP contribution in [0.4, 0.5) is 11.4 Å². The Bertz CT molecular complexity index is 476. The highest BCUT2D eigenvalue weighted by atomic mass is 16.6. The van der Waals surface area contributed by atoms with Crippen LogP contribution in [0.5, 0.6) is 5.75 Å². The number of nitro benzene ring substituents is 1. The molecule has 0 saturated heterocycles. The van der Waals surface area contributed by atoms with Crippen molar-refractivity contribution in [3.05, 3.63) is 28.3 Å². The summed E-state index contributed by atoms with van der Waals surface area (Å²) in [7, 11) is 0. The molecule has 1 aromatic rings. The molecule has 1 atom stereocenters. The number of non-ortho nitro benzene ring substituents is 1. The van der Waals surface area contributed by atoms with Crippen molar-refractivity contribution in [3.63, 3.8) is 0 Å². The maximum Gasteiger partial charge on any atom is 0.273 e. The van der Waals surface area contributed by atoms with Crippen molar-refractivity contribution in [2.24, 2.45) is 5.92 Å². The molecule has 0 aromatic heterocycles. The number of benzene rings is 1. The highest BCUT2D eigenvalue weighted by Crippen LogP contribution is 2.28. The fourth-order valence-electron chi connectivity index (χ4n) is 1.45. The average Bonchev–Trinajstić information content (AvgIpc) is 2.37. The molecule has 104 valence electrons. The number of hydrogen-bond acceptors (Lipinski definition) is 5. The Morgan fingerprint density at radius 3 is 2.74 bits per heavy atom. The van der Waals surface area contributed by atoms with E-state index >= 15 is 0 Å². The van der Waals surface area contributed by atoms with Crippen molar-refractivity contribution in [2.45, 2.75) is 13.8 Å². The quantitative estimate of drug-likeness (QED) is 0.411. The van der Waals surface area contributed by atoms with Crippen molar-refractivity contribution in [3.8, 4) is 5.75 Å². The second-order valence-corrected chi connectivity index (χ2v) is 4.16. The number of rotatable bonds is 6. The van der Waals surface area contributed by atoms with Gasteiger partial charge in [-0.2, -0.15) is 0 Å². The van der Waals surface area contributed by atoms with E-state index in [9.17, 15) is 20.0 Å². The van der Waals surface area contributed by atoms with Gasteiger partial charge in [-0.25, -0.2) is 0 Å². The average molecular weight is 267 g/mol. The number of carbonyl (C=O) groups is 1. The second-order valence-electron chi connectivity index (χ2n) is 4.16. The normalized spacial score (nSPS) is 11.9. The Kier molecular flexibility index (Phi) is 5.25. The third-order valence-corrected chi connectivity index (χ3v) is 2.60. The van der Waals surface area contributed by atoms with Crippen molar-refractivity contribution < 1.29 is 14.8 Å². The van der Waals surface area contributed by atoms with Crippen molar-refractivity contribution in [1.29, 1.82) is 0 Å². The Morgan fingerprint density at radius 2 is 2.21 bits per heavy atom. The zero-order valence-corrected chi connectivity index (χ0v) is 10.8. The van der Waals surface area contributed by atoms with E-state index in [0.29, 0.717) is 6.54 Å². The number of amides is 1. The molecule has 0 spiro atoms. The first-order valence-corrected chi connectivity index (χ1v) is 5.94. The summed E-state index contributed by atoms with van der Waals surface area (Å²) in [5, 5.41) is 25.7. The van der Waals surface area contributed by atoms with Crippen molar-refractivity contribution in [2.75, 3.05) is 18.4 Å². The van der Waals surface area contributed by atoms with Crippen LogP contribution < -0.4 is 10.6 Å². The van der Waals surface area contributed by atoms with Crippen LogP contribution >= 0.6 is 0 Å². The van der Waals surface area contributed by atoms with Crippen LogP contribution in [0, 0.1) is 16.0 Å². The predicted octanol–water partition coefficient (Wildman–Crippen LogP) is 1.48. The van der Waals surface area contributed by atoms with Gasteiger partial charge in [-0.3, -0.25) is 14.9 Å². The van der Waals surface area contributed by atoms with Crippen LogP contribution in [0.1, 0.15) is 13.8 Å². The molecule has 1 amide bonds. The van der Waals surface area contributed by atoms with Gasteiger partial charge in [-0.15, -0.1) is 0 Å². The van der Waals surface area contributed by atoms with E-state index in [2.05, 4.69) is 10.6 Å². The maximum absolute atomic E-state index is 11.8. The lowest BCUT2D eigenvalue weighted by Crippen LogP contribution is -2.30. The number of phenolic OH excluding ortho intramolecular Hbond substituents is 1. The number of phenols is 1. The number of nitrogens with one attached hydrogen (secondary N) is 2. The van der Waals surface area contributed by atoms with Gasteiger partial charge in [0.05, 0.1) is 16.7 Å². The van der Waals surface area contributed by atoms with E-state index in [1.807, 2.05) is 6.92 Å². The monoisotopic (exact) mass is 267 g/mol. The van der Waals surface area contributed by atoms with E-state index in [4.69, 9.17) is 0 Å². The van der Waals surface area contributed by atoms with E-state index in [1.165, 1.54) is 12.1 Å². The smallest absolute Gasteiger partial charge is 0.273 e. The van der Waals surface area contributed by atoms with Gasteiger partial charge >= 0.3 is 0 Å². The summed E-state index contributed by atoms with van der Waals surface area (Å²) >= 11 is 0. The molecule has 1 rings (SSSR count). The topological polar surface area (TPSA) is 104 Å². The van der Waals surface area contributed by atoms with Crippen LogP contribution in [0.25, 0.3) is 0 Å². The molecule has 0 saturated carbocycles. The minimum atomic E-state index is -0.612. The lowest BCUT2D eigenvalue weighted by atomic mass is 10.1. The molecule has 19 heavy (non-hydrogen) atoms. The molecule has 0 fully saturated rings. The standard InChI is InChI=1S/C12H17N3O4/c1-3-13-7-8(2)12(17)14-10-5-4-9(15(18)19)6-11(10)16/h4-6,8,13,16H,3,7H2,1-2H3,(H,14,17). The summed E-state index contributed by atoms with van der Waals surface area (Å²) in [6, 6.07) is 3.54. The molecule has 1 unspecified atom stereocenters. The molecule has 0 radical (unpaired) electrons. The van der Waals surface area contributed by atoms with Gasteiger partial charge in [0.15, 0.2) is 0 Å². The minimum Gasteiger partial charge on any atom is -0.506 e. The van der Waals surface area contributed by atoms with Gasteiger partial charge in [0.1, 0.15) is 5.75 Å². The summed E-state index contributed by atoms with van der Waals surface area (Å²) in [6.45, 7) is 4.98. The summed E-state index contributed by atoms with van der Waals surface area (Å²) < 4.78 is 0. The molecule has 0 heterocycles. The molecular formula is C12H17N3O4. The molecule has 0 bridgehead atoms. The number of carbonyl (C=O) groups excluding carboxylic acids is 1. The van der Waals surface area contributed by atoms with Crippen molar-refractivity contribution >= 4 is 17.3 Å². The number of aromatic hydroxyl groups is 1. The second kappa shape index (κ2) is 6.69. The summed E-state index contributed by atoms with van der Waals surface area (Å²) in [5.41, 5.74) is -0.0601. The largest absolute Gasteiger partial charge is 0.506 e. The molecule has 3 N–H and O–H groups in total. The molecule has 7 heteroatoms. The van der Waals surface area contributed by atoms with E-state index in [-0.39, 0.29) is 28.9 Å². The van der Waals surface area contributed by atoms with Gasteiger partial charge in [0, 0.05) is 18.5 Å². The number of anilines is 1. The minimum absolute atomic E-state index is 0.166. The summed E-state index contributed by atoms with van der Waals surface area (Å²) in [4.78, 5) is 21.7. The Hall–Kier alpha value is -2.15. The highest BCUT2D eigenvalue weighted by molar-refractivity contribution is 5.94. The van der Waals surface area contributed by atoms with Crippen LogP contribution in [0.2, 0.25) is 0 Å². The third kappa shape index (κ3) is 4.22. The van der Waals surface area contributed by atoms with Crippen LogP contribution in [0.3, 0.4) is 0 Å². The Labute approximate surface area is 110 Å². The highest BCUT2D eigenvalue weighted by Gasteiger charge is 2.16. The molecule has 0 aliphatic heterocycles. The number of nitro groups is 1. The predicted molar refractivity (Wildman–Crippen MR) is 71.1 cm³/mol. The maximum atomic E-state index is 11.8. The Balaban J connectivity index is 2.72. The van der Waals surface area contributed by atoms with Crippen molar-refractivity contribution in [1.82, 2.24) is 5.32 Å². The number of nitrogens with zero attached hydrogens (tertiary/aromatic N) is 1. The summed E-state index contributed by atoms with van der Waals surface area (Å²) in [6.07, 6.45) is 0. The summed E-state index contributed by atoms with van der Waals surface area (Å²) in [5.74, 6) is -0.849. The third-order valence-electron chi connectivity index (χ3n) is 2.60. The lowest BCUT2D eigenvalue weighted by Gasteiger charge is -2.13.